The lowest BCUT2D eigenvalue weighted by Crippen LogP contribution is -2.16. The Hall–Kier alpha value is -0.0200. The van der Waals surface area contributed by atoms with E-state index in [1.807, 2.05) is 0 Å². The van der Waals surface area contributed by atoms with Crippen LogP contribution < -0.4 is 5.14 Å². The topological polar surface area (TPSA) is 107 Å². The van der Waals surface area contributed by atoms with Gasteiger partial charge in [0.1, 0.15) is 0 Å². The van der Waals surface area contributed by atoms with Crippen LogP contribution in [0.5, 0.6) is 0 Å². The first-order valence-corrected chi connectivity index (χ1v) is 3.75. The molecule has 0 aliphatic carbocycles. The fraction of sp³-hybridized carbons (Fsp3) is 0. The largest absolute Gasteiger partial charge is 0.347 e. The minimum atomic E-state index is -4.27. The Bertz CT molecular complexity index is 177. The van der Waals surface area contributed by atoms with Gasteiger partial charge in [0.15, 0.2) is 0 Å². The van der Waals surface area contributed by atoms with Crippen molar-refractivity contribution >= 4 is 21.7 Å². The van der Waals surface area contributed by atoms with Crippen LogP contribution in [0, 0.1) is 0 Å². The Kier molecular flexibility index (Phi) is 2.50. The summed E-state index contributed by atoms with van der Waals surface area (Å²) in [6, 6.07) is 0. The molecule has 0 aliphatic heterocycles. The average molecular weight is 161 g/mol. The summed E-state index contributed by atoms with van der Waals surface area (Å²) in [7, 11) is -4.27. The zero-order chi connectivity index (χ0) is 6.78. The fourth-order valence-corrected chi connectivity index (χ4v) is 0.730. The quantitative estimate of drug-likeness (QED) is 0.471. The van der Waals surface area contributed by atoms with Crippen molar-refractivity contribution < 1.29 is 20.8 Å². The number of hydrogen-bond acceptors (Lipinski definition) is 4. The van der Waals surface area contributed by atoms with E-state index in [2.05, 4.69) is 8.77 Å². The Labute approximate surface area is 48.4 Å². The van der Waals surface area contributed by atoms with Gasteiger partial charge in [-0.15, -0.1) is 3.63 Å². The van der Waals surface area contributed by atoms with Gasteiger partial charge < -0.3 is 0 Å². The standard InChI is InChI=1S/H3NO5S2/c1-8(4,5)6-7(2)3/h(H,2,3)(H2,1,4,5). The highest BCUT2D eigenvalue weighted by Crippen LogP contribution is 1.82. The van der Waals surface area contributed by atoms with Crippen LogP contribution in [-0.2, 0) is 25.3 Å². The maximum Gasteiger partial charge on any atom is 0.347 e. The highest BCUT2D eigenvalue weighted by atomic mass is 32.3. The summed E-state index contributed by atoms with van der Waals surface area (Å²) in [4.78, 5) is 0. The molecule has 1 unspecified atom stereocenters. The molecule has 0 bridgehead atoms. The van der Waals surface area contributed by atoms with Gasteiger partial charge in [-0.3, -0.25) is 4.55 Å². The second-order valence-corrected chi connectivity index (χ2v) is 2.74. The monoisotopic (exact) mass is 161 g/mol. The van der Waals surface area contributed by atoms with Crippen molar-refractivity contribution in [3.8, 4) is 0 Å². The molecule has 0 spiro atoms. The maximum absolute atomic E-state index is 9.64. The van der Waals surface area contributed by atoms with Gasteiger partial charge in [-0.25, -0.2) is 5.14 Å². The lowest BCUT2D eigenvalue weighted by molar-refractivity contribution is 0.443. The van der Waals surface area contributed by atoms with Crippen molar-refractivity contribution in [3.63, 3.8) is 0 Å². The predicted molar refractivity (Wildman–Crippen MR) is 25.0 cm³/mol. The highest BCUT2D eigenvalue weighted by Gasteiger charge is 2.05. The molecular weight excluding hydrogens is 158 g/mol. The van der Waals surface area contributed by atoms with E-state index in [0.717, 1.165) is 0 Å². The van der Waals surface area contributed by atoms with Crippen LogP contribution in [0.1, 0.15) is 0 Å². The summed E-state index contributed by atoms with van der Waals surface area (Å²) < 4.78 is 39.6. The van der Waals surface area contributed by atoms with Gasteiger partial charge >= 0.3 is 21.7 Å². The molecule has 0 amide bonds. The molecule has 0 rings (SSSR count). The van der Waals surface area contributed by atoms with Crippen molar-refractivity contribution in [1.29, 1.82) is 0 Å². The number of rotatable bonds is 2. The molecule has 0 heterocycles. The number of nitrogens with two attached hydrogens (primary N) is 1. The third-order valence-corrected chi connectivity index (χ3v) is 1.38. The van der Waals surface area contributed by atoms with E-state index in [4.69, 9.17) is 4.55 Å². The van der Waals surface area contributed by atoms with E-state index in [1.54, 1.807) is 0 Å². The smallest absolute Gasteiger partial charge is 0.283 e. The third-order valence-electron chi connectivity index (χ3n) is 0.153. The van der Waals surface area contributed by atoms with E-state index >= 15 is 0 Å². The molecule has 0 aromatic rings. The van der Waals surface area contributed by atoms with E-state index in [1.165, 1.54) is 0 Å². The van der Waals surface area contributed by atoms with Crippen molar-refractivity contribution in [2.75, 3.05) is 0 Å². The SMILES string of the molecule is NS(=O)(=O)OS(=O)O. The lowest BCUT2D eigenvalue weighted by atomic mass is 13.9. The lowest BCUT2D eigenvalue weighted by Gasteiger charge is -1.88. The second kappa shape index (κ2) is 2.51. The van der Waals surface area contributed by atoms with Crippen LogP contribution in [-0.4, -0.2) is 17.2 Å². The van der Waals surface area contributed by atoms with Crippen LogP contribution in [0.3, 0.4) is 0 Å². The van der Waals surface area contributed by atoms with Crippen molar-refractivity contribution in [1.82, 2.24) is 0 Å². The Balaban J connectivity index is 3.95. The Morgan fingerprint density at radius 3 is 2.00 bits per heavy atom. The molecule has 50 valence electrons. The van der Waals surface area contributed by atoms with Gasteiger partial charge in [0.25, 0.3) is 0 Å². The molecule has 0 aromatic carbocycles. The summed E-state index contributed by atoms with van der Waals surface area (Å²) >= 11 is -2.85. The average Bonchev–Trinajstić information content (AvgIpc) is 1.21. The summed E-state index contributed by atoms with van der Waals surface area (Å²) in [6.45, 7) is 0. The van der Waals surface area contributed by atoms with Crippen LogP contribution in [0.2, 0.25) is 0 Å². The zero-order valence-electron chi connectivity index (χ0n) is 3.47. The molecule has 8 heavy (non-hydrogen) atoms. The van der Waals surface area contributed by atoms with Crippen LogP contribution >= 0.6 is 0 Å². The minimum Gasteiger partial charge on any atom is -0.283 e. The number of hydrogen-bond donors (Lipinski definition) is 2. The van der Waals surface area contributed by atoms with Crippen molar-refractivity contribution in [3.05, 3.63) is 0 Å². The molecular formula is H3NO5S2. The fourth-order valence-electron chi connectivity index (χ4n) is 0.0811. The Morgan fingerprint density at radius 1 is 1.62 bits per heavy atom. The highest BCUT2D eigenvalue weighted by molar-refractivity contribution is 7.93. The molecule has 6 nitrogen and oxygen atoms in total. The van der Waals surface area contributed by atoms with Gasteiger partial charge in [-0.2, -0.15) is 12.6 Å². The molecule has 3 N–H and O–H groups in total. The van der Waals surface area contributed by atoms with Crippen LogP contribution in [0.25, 0.3) is 0 Å². The van der Waals surface area contributed by atoms with E-state index in [9.17, 15) is 12.6 Å². The molecule has 0 aliphatic rings. The van der Waals surface area contributed by atoms with E-state index < -0.39 is 21.7 Å². The molecule has 0 saturated heterocycles. The van der Waals surface area contributed by atoms with E-state index in [0.29, 0.717) is 0 Å². The zero-order valence-corrected chi connectivity index (χ0v) is 5.11. The molecule has 8 heteroatoms. The first-order chi connectivity index (χ1) is 3.42. The normalized spacial score (nSPS) is 15.8. The Morgan fingerprint density at radius 2 is 2.00 bits per heavy atom. The summed E-state index contributed by atoms with van der Waals surface area (Å²) in [5, 5.41) is 4.13. The maximum atomic E-state index is 9.64. The van der Waals surface area contributed by atoms with Crippen LogP contribution in [0.4, 0.5) is 0 Å². The van der Waals surface area contributed by atoms with E-state index in [-0.39, 0.29) is 0 Å². The summed E-state index contributed by atoms with van der Waals surface area (Å²) in [5.74, 6) is 0. The molecule has 1 atom stereocenters. The van der Waals surface area contributed by atoms with Gasteiger partial charge in [0, 0.05) is 0 Å². The van der Waals surface area contributed by atoms with Gasteiger partial charge in [-0.1, -0.05) is 0 Å². The molecule has 0 radical (unpaired) electrons. The predicted octanol–water partition coefficient (Wildman–Crippen LogP) is -1.66. The summed E-state index contributed by atoms with van der Waals surface area (Å²) in [6.07, 6.45) is 0. The molecule has 0 aromatic heterocycles. The minimum absolute atomic E-state index is 2.85. The second-order valence-electron chi connectivity index (χ2n) is 0.778. The van der Waals surface area contributed by atoms with Gasteiger partial charge in [0.05, 0.1) is 0 Å². The van der Waals surface area contributed by atoms with Gasteiger partial charge in [0.2, 0.25) is 0 Å². The summed E-state index contributed by atoms with van der Waals surface area (Å²) in [5.41, 5.74) is 0. The van der Waals surface area contributed by atoms with Crippen molar-refractivity contribution in [2.45, 2.75) is 0 Å². The van der Waals surface area contributed by atoms with Gasteiger partial charge in [-0.05, 0) is 0 Å². The molecule has 0 saturated carbocycles. The first-order valence-electron chi connectivity index (χ1n) is 1.25. The van der Waals surface area contributed by atoms with Crippen LogP contribution in [0.15, 0.2) is 0 Å². The van der Waals surface area contributed by atoms with Crippen molar-refractivity contribution in [2.24, 2.45) is 5.14 Å². The molecule has 0 fully saturated rings. The first kappa shape index (κ1) is 7.98. The third kappa shape index (κ3) is 5.98.